The summed E-state index contributed by atoms with van der Waals surface area (Å²) >= 11 is 0. The van der Waals surface area contributed by atoms with E-state index in [9.17, 15) is 0 Å². The molecule has 4 saturated heterocycles. The van der Waals surface area contributed by atoms with Crippen molar-refractivity contribution in [3.63, 3.8) is 0 Å². The molecule has 0 spiro atoms. The van der Waals surface area contributed by atoms with Crippen LogP contribution in [0.25, 0.3) is 0 Å². The smallest absolute Gasteiger partial charge is 0.0406 e. The molecule has 0 saturated carbocycles. The average Bonchev–Trinajstić information content (AvgIpc) is 2.97. The first-order chi connectivity index (χ1) is 9.74. The number of nitrogens with one attached hydrogen (secondary N) is 1. The topological polar surface area (TPSA) is 15.3 Å². The standard InChI is InChI=1S/C18H26N2/c1-18(9-2-10-19-18)16-5-3-14(4-6-16)17-13-20-11-7-15(17)8-12-20/h3-6,15,17,19H,2,7-13H2,1H3. The van der Waals surface area contributed by atoms with E-state index in [0.717, 1.165) is 18.4 Å². The molecule has 108 valence electrons. The van der Waals surface area contributed by atoms with Crippen LogP contribution >= 0.6 is 0 Å². The third-order valence-electron chi connectivity index (χ3n) is 6.00. The Kier molecular flexibility index (Phi) is 3.12. The summed E-state index contributed by atoms with van der Waals surface area (Å²) in [7, 11) is 0. The minimum absolute atomic E-state index is 0.216. The molecule has 0 radical (unpaired) electrons. The SMILES string of the molecule is CC1(c2ccc(C3CN4CCC3CC4)cc2)CCCN1. The summed E-state index contributed by atoms with van der Waals surface area (Å²) in [4.78, 5) is 2.65. The highest BCUT2D eigenvalue weighted by atomic mass is 15.1. The molecule has 5 rings (SSSR count). The van der Waals surface area contributed by atoms with Gasteiger partial charge in [-0.1, -0.05) is 24.3 Å². The van der Waals surface area contributed by atoms with E-state index in [1.807, 2.05) is 0 Å². The molecule has 2 nitrogen and oxygen atoms in total. The van der Waals surface area contributed by atoms with Crippen molar-refractivity contribution in [3.8, 4) is 0 Å². The summed E-state index contributed by atoms with van der Waals surface area (Å²) in [6.07, 6.45) is 5.39. The van der Waals surface area contributed by atoms with Gasteiger partial charge in [-0.05, 0) is 75.2 Å². The van der Waals surface area contributed by atoms with E-state index >= 15 is 0 Å². The molecule has 2 unspecified atom stereocenters. The van der Waals surface area contributed by atoms with Crippen LogP contribution < -0.4 is 5.32 Å². The molecule has 1 aromatic rings. The Balaban J connectivity index is 1.55. The highest BCUT2D eigenvalue weighted by Gasteiger charge is 2.35. The van der Waals surface area contributed by atoms with Crippen molar-refractivity contribution >= 4 is 0 Å². The summed E-state index contributed by atoms with van der Waals surface area (Å²) in [5.41, 5.74) is 3.26. The third kappa shape index (κ3) is 2.10. The normalized spacial score (nSPS) is 40.1. The number of rotatable bonds is 2. The average molecular weight is 270 g/mol. The molecule has 20 heavy (non-hydrogen) atoms. The van der Waals surface area contributed by atoms with Crippen LogP contribution in [0.5, 0.6) is 0 Å². The van der Waals surface area contributed by atoms with Gasteiger partial charge >= 0.3 is 0 Å². The van der Waals surface area contributed by atoms with Crippen molar-refractivity contribution in [1.82, 2.24) is 10.2 Å². The highest BCUT2D eigenvalue weighted by Crippen LogP contribution is 2.39. The Bertz CT molecular complexity index is 465. The van der Waals surface area contributed by atoms with Crippen LogP contribution in [0.15, 0.2) is 24.3 Å². The fourth-order valence-electron chi connectivity index (χ4n) is 4.58. The van der Waals surface area contributed by atoms with E-state index in [2.05, 4.69) is 41.4 Å². The molecule has 2 bridgehead atoms. The summed E-state index contributed by atoms with van der Waals surface area (Å²) in [5.74, 6) is 1.72. The summed E-state index contributed by atoms with van der Waals surface area (Å²) in [6, 6.07) is 9.58. The van der Waals surface area contributed by atoms with Gasteiger partial charge in [-0.3, -0.25) is 0 Å². The molecule has 4 heterocycles. The van der Waals surface area contributed by atoms with Gasteiger partial charge in [0.05, 0.1) is 0 Å². The quantitative estimate of drug-likeness (QED) is 0.888. The zero-order valence-corrected chi connectivity index (χ0v) is 12.6. The lowest BCUT2D eigenvalue weighted by Gasteiger charge is -2.45. The van der Waals surface area contributed by atoms with Crippen molar-refractivity contribution in [2.24, 2.45) is 5.92 Å². The van der Waals surface area contributed by atoms with E-state index in [-0.39, 0.29) is 5.54 Å². The monoisotopic (exact) mass is 270 g/mol. The Labute approximate surface area is 122 Å². The van der Waals surface area contributed by atoms with Gasteiger partial charge in [-0.25, -0.2) is 0 Å². The molecule has 1 N–H and O–H groups in total. The number of benzene rings is 1. The molecule has 4 aliphatic heterocycles. The fraction of sp³-hybridized carbons (Fsp3) is 0.667. The van der Waals surface area contributed by atoms with Crippen LogP contribution in [-0.2, 0) is 5.54 Å². The zero-order chi connectivity index (χ0) is 13.6. The highest BCUT2D eigenvalue weighted by molar-refractivity contribution is 5.31. The lowest BCUT2D eigenvalue weighted by molar-refractivity contribution is 0.0871. The number of nitrogens with zero attached hydrogens (tertiary/aromatic N) is 1. The Morgan fingerprint density at radius 3 is 2.45 bits per heavy atom. The van der Waals surface area contributed by atoms with Crippen LogP contribution in [0.1, 0.15) is 49.7 Å². The maximum absolute atomic E-state index is 3.67. The second-order valence-corrected chi connectivity index (χ2v) is 7.23. The minimum Gasteiger partial charge on any atom is -0.308 e. The van der Waals surface area contributed by atoms with Crippen molar-refractivity contribution in [3.05, 3.63) is 35.4 Å². The van der Waals surface area contributed by atoms with E-state index in [1.165, 1.54) is 50.9 Å². The molecule has 4 fully saturated rings. The van der Waals surface area contributed by atoms with Crippen molar-refractivity contribution in [2.75, 3.05) is 26.2 Å². The Hall–Kier alpha value is -0.860. The van der Waals surface area contributed by atoms with Gasteiger partial charge in [0.15, 0.2) is 0 Å². The third-order valence-corrected chi connectivity index (χ3v) is 6.00. The maximum atomic E-state index is 3.67. The largest absolute Gasteiger partial charge is 0.308 e. The summed E-state index contributed by atoms with van der Waals surface area (Å²) < 4.78 is 0. The second-order valence-electron chi connectivity index (χ2n) is 7.23. The van der Waals surface area contributed by atoms with E-state index < -0.39 is 0 Å². The van der Waals surface area contributed by atoms with Gasteiger partial charge in [0.2, 0.25) is 0 Å². The van der Waals surface area contributed by atoms with Crippen LogP contribution in [0.2, 0.25) is 0 Å². The molecular formula is C18H26N2. The molecule has 0 aliphatic carbocycles. The van der Waals surface area contributed by atoms with E-state index in [4.69, 9.17) is 0 Å². The molecule has 1 aromatic carbocycles. The lowest BCUT2D eigenvalue weighted by atomic mass is 9.75. The number of hydrogen-bond acceptors (Lipinski definition) is 2. The fourth-order valence-corrected chi connectivity index (χ4v) is 4.58. The van der Waals surface area contributed by atoms with E-state index in [1.54, 1.807) is 5.56 Å². The molecule has 0 aromatic heterocycles. The number of fused-ring (bicyclic) bond motifs is 3. The number of hydrogen-bond donors (Lipinski definition) is 1. The first-order valence-corrected chi connectivity index (χ1v) is 8.32. The van der Waals surface area contributed by atoms with Gasteiger partial charge < -0.3 is 10.2 Å². The molecule has 4 aliphatic rings. The summed E-state index contributed by atoms with van der Waals surface area (Å²) in [6.45, 7) is 7.48. The predicted molar refractivity (Wildman–Crippen MR) is 82.9 cm³/mol. The molecule has 2 heteroatoms. The molecule has 2 atom stereocenters. The maximum Gasteiger partial charge on any atom is 0.0406 e. The Morgan fingerprint density at radius 1 is 1.15 bits per heavy atom. The summed E-state index contributed by atoms with van der Waals surface area (Å²) in [5, 5.41) is 3.67. The van der Waals surface area contributed by atoms with Gasteiger partial charge in [0.25, 0.3) is 0 Å². The lowest BCUT2D eigenvalue weighted by Crippen LogP contribution is -2.46. The van der Waals surface area contributed by atoms with Crippen molar-refractivity contribution in [2.45, 2.75) is 44.1 Å². The number of piperidine rings is 3. The van der Waals surface area contributed by atoms with Crippen LogP contribution in [0, 0.1) is 5.92 Å². The second kappa shape index (κ2) is 4.85. The van der Waals surface area contributed by atoms with Crippen molar-refractivity contribution < 1.29 is 0 Å². The van der Waals surface area contributed by atoms with Gasteiger partial charge in [0.1, 0.15) is 0 Å². The molecular weight excluding hydrogens is 244 g/mol. The Morgan fingerprint density at radius 2 is 1.90 bits per heavy atom. The minimum atomic E-state index is 0.216. The predicted octanol–water partition coefficient (Wildman–Crippen LogP) is 3.09. The van der Waals surface area contributed by atoms with Crippen LogP contribution in [-0.4, -0.2) is 31.1 Å². The van der Waals surface area contributed by atoms with E-state index in [0.29, 0.717) is 0 Å². The van der Waals surface area contributed by atoms with Gasteiger partial charge in [-0.2, -0.15) is 0 Å². The first-order valence-electron chi connectivity index (χ1n) is 8.32. The zero-order valence-electron chi connectivity index (χ0n) is 12.6. The first kappa shape index (κ1) is 12.8. The molecule has 0 amide bonds. The van der Waals surface area contributed by atoms with Gasteiger partial charge in [0, 0.05) is 12.1 Å². The van der Waals surface area contributed by atoms with Gasteiger partial charge in [-0.15, -0.1) is 0 Å². The van der Waals surface area contributed by atoms with Crippen LogP contribution in [0.4, 0.5) is 0 Å². The van der Waals surface area contributed by atoms with Crippen molar-refractivity contribution in [1.29, 1.82) is 0 Å². The van der Waals surface area contributed by atoms with Crippen LogP contribution in [0.3, 0.4) is 0 Å².